The zero-order valence-corrected chi connectivity index (χ0v) is 8.61. The first-order chi connectivity index (χ1) is 7.92. The van der Waals surface area contributed by atoms with Crippen LogP contribution in [0.5, 0.6) is 0 Å². The molecule has 0 bridgehead atoms. The summed E-state index contributed by atoms with van der Waals surface area (Å²) in [5.41, 5.74) is 5.89. The Morgan fingerprint density at radius 3 is 2.82 bits per heavy atom. The van der Waals surface area contributed by atoms with Crippen molar-refractivity contribution in [2.24, 2.45) is 10.9 Å². The molecule has 1 rings (SSSR count). The van der Waals surface area contributed by atoms with Crippen molar-refractivity contribution in [1.82, 2.24) is 4.98 Å². The van der Waals surface area contributed by atoms with Crippen molar-refractivity contribution in [2.75, 3.05) is 6.61 Å². The molecule has 0 unspecified atom stereocenters. The minimum Gasteiger partial charge on any atom is -0.409 e. The van der Waals surface area contributed by atoms with Crippen molar-refractivity contribution in [3.8, 4) is 0 Å². The summed E-state index contributed by atoms with van der Waals surface area (Å²) >= 11 is 0. The average molecular weight is 249 g/mol. The van der Waals surface area contributed by atoms with E-state index in [1.807, 2.05) is 0 Å². The normalized spacial score (nSPS) is 12.8. The summed E-state index contributed by atoms with van der Waals surface area (Å²) in [5.74, 6) is -0.220. The van der Waals surface area contributed by atoms with Gasteiger partial charge >= 0.3 is 6.18 Å². The second-order valence-corrected chi connectivity index (χ2v) is 3.14. The van der Waals surface area contributed by atoms with Crippen molar-refractivity contribution in [2.45, 2.75) is 12.8 Å². The largest absolute Gasteiger partial charge is 0.411 e. The summed E-state index contributed by atoms with van der Waals surface area (Å²) in [7, 11) is 0. The number of hydrogen-bond acceptors (Lipinski definition) is 4. The zero-order valence-electron chi connectivity index (χ0n) is 8.61. The van der Waals surface area contributed by atoms with Crippen molar-refractivity contribution in [1.29, 1.82) is 0 Å². The van der Waals surface area contributed by atoms with E-state index >= 15 is 0 Å². The van der Waals surface area contributed by atoms with Crippen LogP contribution in [-0.4, -0.2) is 28.8 Å². The third-order valence-electron chi connectivity index (χ3n) is 1.73. The van der Waals surface area contributed by atoms with E-state index in [-0.39, 0.29) is 18.1 Å². The molecule has 0 spiro atoms. The van der Waals surface area contributed by atoms with Crippen LogP contribution in [0.15, 0.2) is 23.5 Å². The highest BCUT2D eigenvalue weighted by Crippen LogP contribution is 2.15. The molecule has 0 aliphatic carbocycles. The van der Waals surface area contributed by atoms with E-state index < -0.39 is 12.8 Å². The van der Waals surface area contributed by atoms with E-state index in [4.69, 9.17) is 10.9 Å². The number of ether oxygens (including phenoxy) is 1. The fourth-order valence-electron chi connectivity index (χ4n) is 1.04. The van der Waals surface area contributed by atoms with Crippen LogP contribution < -0.4 is 5.73 Å². The van der Waals surface area contributed by atoms with E-state index in [9.17, 15) is 13.2 Å². The maximum Gasteiger partial charge on any atom is 0.411 e. The standard InChI is InChI=1S/C9H10F3N3O2/c10-9(11,12)5-17-4-6-1-2-14-7(3-6)8(13)15-16/h1-3,16H,4-5H2,(H2,13,15). The number of hydrogen-bond donors (Lipinski definition) is 2. The second kappa shape index (κ2) is 5.48. The smallest absolute Gasteiger partial charge is 0.409 e. The fourth-order valence-corrected chi connectivity index (χ4v) is 1.04. The number of alkyl halides is 3. The van der Waals surface area contributed by atoms with Gasteiger partial charge in [0.1, 0.15) is 12.3 Å². The van der Waals surface area contributed by atoms with E-state index in [2.05, 4.69) is 14.9 Å². The molecular weight excluding hydrogens is 239 g/mol. The first-order valence-corrected chi connectivity index (χ1v) is 4.49. The SMILES string of the molecule is NC(=NO)c1cc(COCC(F)(F)F)ccn1. The Balaban J connectivity index is 2.61. The molecule has 17 heavy (non-hydrogen) atoms. The highest BCUT2D eigenvalue weighted by atomic mass is 19.4. The fraction of sp³-hybridized carbons (Fsp3) is 0.333. The highest BCUT2D eigenvalue weighted by molar-refractivity contribution is 5.95. The van der Waals surface area contributed by atoms with E-state index in [1.54, 1.807) is 0 Å². The Labute approximate surface area is 94.7 Å². The van der Waals surface area contributed by atoms with Gasteiger partial charge in [-0.15, -0.1) is 0 Å². The molecule has 0 amide bonds. The molecule has 0 saturated carbocycles. The zero-order chi connectivity index (χ0) is 12.9. The lowest BCUT2D eigenvalue weighted by molar-refractivity contribution is -0.176. The third kappa shape index (κ3) is 4.68. The maximum atomic E-state index is 11.8. The number of nitrogens with zero attached hydrogens (tertiary/aromatic N) is 2. The van der Waals surface area contributed by atoms with Gasteiger partial charge in [-0.25, -0.2) is 0 Å². The van der Waals surface area contributed by atoms with Gasteiger partial charge < -0.3 is 15.7 Å². The number of pyridine rings is 1. The van der Waals surface area contributed by atoms with Gasteiger partial charge in [0.25, 0.3) is 0 Å². The minimum atomic E-state index is -4.36. The molecule has 0 aromatic carbocycles. The average Bonchev–Trinajstić information content (AvgIpc) is 2.27. The molecule has 0 atom stereocenters. The Hall–Kier alpha value is -1.83. The lowest BCUT2D eigenvalue weighted by atomic mass is 10.2. The molecule has 5 nitrogen and oxygen atoms in total. The Bertz CT molecular complexity index is 407. The number of aromatic nitrogens is 1. The van der Waals surface area contributed by atoms with Crippen LogP contribution in [0.1, 0.15) is 11.3 Å². The van der Waals surface area contributed by atoms with Crippen molar-refractivity contribution in [3.05, 3.63) is 29.6 Å². The van der Waals surface area contributed by atoms with E-state index in [1.165, 1.54) is 18.3 Å². The summed E-state index contributed by atoms with van der Waals surface area (Å²) < 4.78 is 39.9. The molecule has 1 aromatic heterocycles. The molecule has 1 heterocycles. The Kier molecular flexibility index (Phi) is 4.27. The summed E-state index contributed by atoms with van der Waals surface area (Å²) in [6.07, 6.45) is -3.03. The summed E-state index contributed by atoms with van der Waals surface area (Å²) in [4.78, 5) is 3.77. The number of halogens is 3. The van der Waals surface area contributed by atoms with Crippen LogP contribution in [0.3, 0.4) is 0 Å². The topological polar surface area (TPSA) is 80.7 Å². The van der Waals surface area contributed by atoms with Gasteiger partial charge in [-0.3, -0.25) is 4.98 Å². The van der Waals surface area contributed by atoms with Gasteiger partial charge in [0.2, 0.25) is 0 Å². The maximum absolute atomic E-state index is 11.8. The van der Waals surface area contributed by atoms with Crippen molar-refractivity contribution in [3.63, 3.8) is 0 Å². The molecule has 0 aliphatic heterocycles. The monoisotopic (exact) mass is 249 g/mol. The van der Waals surface area contributed by atoms with Gasteiger partial charge in [-0.05, 0) is 17.7 Å². The van der Waals surface area contributed by atoms with E-state index in [0.717, 1.165) is 0 Å². The quantitative estimate of drug-likeness (QED) is 0.364. The van der Waals surface area contributed by atoms with E-state index in [0.29, 0.717) is 5.56 Å². The first-order valence-electron chi connectivity index (χ1n) is 4.49. The van der Waals surface area contributed by atoms with Crippen LogP contribution in [0.25, 0.3) is 0 Å². The molecule has 1 aromatic rings. The molecule has 0 saturated heterocycles. The van der Waals surface area contributed by atoms with Gasteiger partial charge in [-0.1, -0.05) is 5.16 Å². The molecule has 8 heteroatoms. The van der Waals surface area contributed by atoms with Gasteiger partial charge in [0.05, 0.1) is 6.61 Å². The van der Waals surface area contributed by atoms with Crippen LogP contribution in [0.4, 0.5) is 13.2 Å². The number of nitrogens with two attached hydrogens (primary N) is 1. The third-order valence-corrected chi connectivity index (χ3v) is 1.73. The lowest BCUT2D eigenvalue weighted by Crippen LogP contribution is -2.17. The first kappa shape index (κ1) is 13.2. The predicted molar refractivity (Wildman–Crippen MR) is 52.5 cm³/mol. The lowest BCUT2D eigenvalue weighted by Gasteiger charge is -2.08. The van der Waals surface area contributed by atoms with Crippen molar-refractivity contribution < 1.29 is 23.1 Å². The minimum absolute atomic E-state index is 0.167. The molecular formula is C9H10F3N3O2. The van der Waals surface area contributed by atoms with Crippen molar-refractivity contribution >= 4 is 5.84 Å². The van der Waals surface area contributed by atoms with Crippen LogP contribution in [-0.2, 0) is 11.3 Å². The number of oxime groups is 1. The summed E-state index contributed by atoms with van der Waals surface area (Å²) in [6, 6.07) is 2.86. The highest BCUT2D eigenvalue weighted by Gasteiger charge is 2.27. The molecule has 0 aliphatic rings. The van der Waals surface area contributed by atoms with Gasteiger partial charge in [0.15, 0.2) is 5.84 Å². The molecule has 0 fully saturated rings. The number of rotatable bonds is 4. The predicted octanol–water partition coefficient (Wildman–Crippen LogP) is 1.25. The Morgan fingerprint density at radius 2 is 2.24 bits per heavy atom. The van der Waals surface area contributed by atoms with Crippen LogP contribution in [0, 0.1) is 0 Å². The number of amidine groups is 1. The summed E-state index contributed by atoms with van der Waals surface area (Å²) in [6.45, 7) is -1.55. The van der Waals surface area contributed by atoms with Crippen LogP contribution in [0.2, 0.25) is 0 Å². The second-order valence-electron chi connectivity index (χ2n) is 3.14. The molecule has 94 valence electrons. The van der Waals surface area contributed by atoms with Crippen LogP contribution >= 0.6 is 0 Å². The van der Waals surface area contributed by atoms with Gasteiger partial charge in [0, 0.05) is 6.20 Å². The molecule has 3 N–H and O–H groups in total. The van der Waals surface area contributed by atoms with Gasteiger partial charge in [-0.2, -0.15) is 13.2 Å². The summed E-state index contributed by atoms with van der Waals surface area (Å²) in [5, 5.41) is 11.1. The molecule has 0 radical (unpaired) electrons. The Morgan fingerprint density at radius 1 is 1.53 bits per heavy atom.